The van der Waals surface area contributed by atoms with Gasteiger partial charge in [-0.15, -0.1) is 24.0 Å². The van der Waals surface area contributed by atoms with Gasteiger partial charge in [0.25, 0.3) is 0 Å². The summed E-state index contributed by atoms with van der Waals surface area (Å²) in [4.78, 5) is 4.25. The predicted octanol–water partition coefficient (Wildman–Crippen LogP) is 2.12. The first-order valence-electron chi connectivity index (χ1n) is 7.31. The zero-order chi connectivity index (χ0) is 14.5. The third kappa shape index (κ3) is 16.0. The molecular formula is C14H32IN3O2. The number of rotatable bonds is 11. The van der Waals surface area contributed by atoms with Crippen molar-refractivity contribution in [2.24, 2.45) is 16.6 Å². The summed E-state index contributed by atoms with van der Waals surface area (Å²) in [5.74, 6) is 1.27. The Kier molecular flexibility index (Phi) is 17.0. The van der Waals surface area contributed by atoms with E-state index in [1.807, 2.05) is 0 Å². The van der Waals surface area contributed by atoms with Crippen molar-refractivity contribution in [2.75, 3.05) is 26.4 Å². The van der Waals surface area contributed by atoms with Gasteiger partial charge in [-0.05, 0) is 25.7 Å². The maximum absolute atomic E-state index is 8.53. The van der Waals surface area contributed by atoms with E-state index in [1.165, 1.54) is 12.8 Å². The molecule has 0 aromatic heterocycles. The number of nitrogens with two attached hydrogens (primary N) is 1. The lowest BCUT2D eigenvalue weighted by molar-refractivity contribution is 0.0918. The third-order valence-corrected chi connectivity index (χ3v) is 2.78. The summed E-state index contributed by atoms with van der Waals surface area (Å²) in [6.45, 7) is 8.35. The van der Waals surface area contributed by atoms with Crippen molar-refractivity contribution in [1.29, 1.82) is 0 Å². The number of nitrogens with zero attached hydrogens (tertiary/aromatic N) is 1. The Bertz CT molecular complexity index is 238. The summed E-state index contributed by atoms with van der Waals surface area (Å²) in [7, 11) is 0. The summed E-state index contributed by atoms with van der Waals surface area (Å²) < 4.78 is 5.14. The maximum atomic E-state index is 8.53. The number of halogens is 1. The summed E-state index contributed by atoms with van der Waals surface area (Å²) in [5, 5.41) is 11.7. The number of aliphatic hydroxyl groups excluding tert-OH is 1. The Morgan fingerprint density at radius 2 is 1.90 bits per heavy atom. The number of aliphatic hydroxyl groups is 1. The molecule has 0 spiro atoms. The van der Waals surface area contributed by atoms with Gasteiger partial charge >= 0.3 is 0 Å². The highest BCUT2D eigenvalue weighted by Gasteiger charge is 2.03. The minimum absolute atomic E-state index is 0. The topological polar surface area (TPSA) is 79.9 Å². The van der Waals surface area contributed by atoms with Crippen molar-refractivity contribution >= 4 is 29.9 Å². The average molecular weight is 401 g/mol. The van der Waals surface area contributed by atoms with Crippen LogP contribution in [0.3, 0.4) is 0 Å². The molecule has 0 saturated carbocycles. The number of aliphatic imine (C=N–C) groups is 1. The molecule has 0 aromatic carbocycles. The number of guanidine groups is 1. The fourth-order valence-corrected chi connectivity index (χ4v) is 1.74. The second kappa shape index (κ2) is 15.3. The van der Waals surface area contributed by atoms with Crippen molar-refractivity contribution in [3.8, 4) is 0 Å². The van der Waals surface area contributed by atoms with Crippen LogP contribution in [0.4, 0.5) is 0 Å². The highest BCUT2D eigenvalue weighted by Crippen LogP contribution is 2.07. The van der Waals surface area contributed by atoms with E-state index in [0.29, 0.717) is 31.8 Å². The molecule has 0 fully saturated rings. The molecule has 0 aliphatic rings. The Morgan fingerprint density at radius 3 is 2.50 bits per heavy atom. The van der Waals surface area contributed by atoms with Gasteiger partial charge in [0.1, 0.15) is 0 Å². The fraction of sp³-hybridized carbons (Fsp3) is 0.929. The molecule has 0 rings (SSSR count). The van der Waals surface area contributed by atoms with Gasteiger partial charge in [-0.3, -0.25) is 4.99 Å². The molecule has 6 heteroatoms. The van der Waals surface area contributed by atoms with Crippen LogP contribution in [0.5, 0.6) is 0 Å². The normalized spacial score (nSPS) is 13.2. The summed E-state index contributed by atoms with van der Waals surface area (Å²) >= 11 is 0. The van der Waals surface area contributed by atoms with E-state index >= 15 is 0 Å². The molecule has 0 bridgehead atoms. The first-order chi connectivity index (χ1) is 9.06. The zero-order valence-corrected chi connectivity index (χ0v) is 15.4. The molecule has 122 valence electrons. The Balaban J connectivity index is 0. The largest absolute Gasteiger partial charge is 0.394 e. The average Bonchev–Trinajstić information content (AvgIpc) is 2.33. The summed E-state index contributed by atoms with van der Waals surface area (Å²) in [5.41, 5.74) is 5.81. The molecule has 20 heavy (non-hydrogen) atoms. The van der Waals surface area contributed by atoms with Crippen molar-refractivity contribution in [3.05, 3.63) is 0 Å². The maximum Gasteiger partial charge on any atom is 0.188 e. The molecule has 1 atom stereocenters. The van der Waals surface area contributed by atoms with E-state index in [-0.39, 0.29) is 30.6 Å². The smallest absolute Gasteiger partial charge is 0.188 e. The summed E-state index contributed by atoms with van der Waals surface area (Å²) in [6, 6.07) is 0.369. The first kappa shape index (κ1) is 22.2. The molecule has 0 radical (unpaired) electrons. The van der Waals surface area contributed by atoms with E-state index in [1.54, 1.807) is 0 Å². The standard InChI is InChI=1S/C14H31N3O2.HI/c1-12(2)6-4-7-13(3)17-14(15)16-8-5-10-19-11-9-18;/h12-13,18H,4-11H2,1-3H3,(H3,15,16,17);1H. The van der Waals surface area contributed by atoms with E-state index in [0.717, 1.165) is 18.8 Å². The Morgan fingerprint density at radius 1 is 1.20 bits per heavy atom. The van der Waals surface area contributed by atoms with Crippen LogP contribution >= 0.6 is 24.0 Å². The minimum Gasteiger partial charge on any atom is -0.394 e. The van der Waals surface area contributed by atoms with Gasteiger partial charge < -0.3 is 20.9 Å². The van der Waals surface area contributed by atoms with Gasteiger partial charge in [0.15, 0.2) is 5.96 Å². The van der Waals surface area contributed by atoms with Gasteiger partial charge in [-0.1, -0.05) is 26.7 Å². The van der Waals surface area contributed by atoms with E-state index < -0.39 is 0 Å². The van der Waals surface area contributed by atoms with Crippen LogP contribution in [0.25, 0.3) is 0 Å². The van der Waals surface area contributed by atoms with Crippen molar-refractivity contribution < 1.29 is 9.84 Å². The minimum atomic E-state index is 0. The van der Waals surface area contributed by atoms with Crippen LogP contribution < -0.4 is 11.1 Å². The van der Waals surface area contributed by atoms with Gasteiger partial charge in [0.05, 0.1) is 13.2 Å². The fourth-order valence-electron chi connectivity index (χ4n) is 1.74. The first-order valence-corrected chi connectivity index (χ1v) is 7.31. The molecule has 1 unspecified atom stereocenters. The predicted molar refractivity (Wildman–Crippen MR) is 95.7 cm³/mol. The molecular weight excluding hydrogens is 369 g/mol. The van der Waals surface area contributed by atoms with Gasteiger partial charge in [-0.2, -0.15) is 0 Å². The molecule has 0 aliphatic heterocycles. The Labute approximate surface area is 140 Å². The summed E-state index contributed by atoms with van der Waals surface area (Å²) in [6.07, 6.45) is 4.41. The Hall–Kier alpha value is -0.0800. The van der Waals surface area contributed by atoms with Crippen molar-refractivity contribution in [2.45, 2.75) is 52.5 Å². The van der Waals surface area contributed by atoms with Crippen molar-refractivity contribution in [3.63, 3.8) is 0 Å². The van der Waals surface area contributed by atoms with Crippen LogP contribution in [0, 0.1) is 5.92 Å². The molecule has 0 aliphatic carbocycles. The zero-order valence-electron chi connectivity index (χ0n) is 13.1. The monoisotopic (exact) mass is 401 g/mol. The number of ether oxygens (including phenoxy) is 1. The molecule has 0 heterocycles. The van der Waals surface area contributed by atoms with Gasteiger partial charge in [-0.25, -0.2) is 0 Å². The van der Waals surface area contributed by atoms with Crippen LogP contribution in [-0.4, -0.2) is 43.5 Å². The second-order valence-corrected chi connectivity index (χ2v) is 5.33. The van der Waals surface area contributed by atoms with Crippen LogP contribution in [0.2, 0.25) is 0 Å². The molecule has 5 nitrogen and oxygen atoms in total. The molecule has 0 amide bonds. The molecule has 4 N–H and O–H groups in total. The lowest BCUT2D eigenvalue weighted by Gasteiger charge is -2.15. The van der Waals surface area contributed by atoms with Crippen LogP contribution in [-0.2, 0) is 4.74 Å². The molecule has 0 saturated heterocycles. The number of hydrogen-bond donors (Lipinski definition) is 3. The van der Waals surface area contributed by atoms with Crippen molar-refractivity contribution in [1.82, 2.24) is 5.32 Å². The lowest BCUT2D eigenvalue weighted by atomic mass is 10.0. The number of hydrogen-bond acceptors (Lipinski definition) is 3. The van der Waals surface area contributed by atoms with E-state index in [2.05, 4.69) is 31.1 Å². The van der Waals surface area contributed by atoms with Crippen LogP contribution in [0.15, 0.2) is 4.99 Å². The number of nitrogens with one attached hydrogen (secondary N) is 1. The second-order valence-electron chi connectivity index (χ2n) is 5.33. The molecule has 0 aromatic rings. The van der Waals surface area contributed by atoms with E-state index in [4.69, 9.17) is 15.6 Å². The SMILES string of the molecule is CC(C)CCCC(C)NC(N)=NCCCOCCO.I. The highest BCUT2D eigenvalue weighted by atomic mass is 127. The van der Waals surface area contributed by atoms with Gasteiger partial charge in [0, 0.05) is 19.2 Å². The third-order valence-electron chi connectivity index (χ3n) is 2.78. The van der Waals surface area contributed by atoms with Gasteiger partial charge in [0.2, 0.25) is 0 Å². The quantitative estimate of drug-likeness (QED) is 0.215. The van der Waals surface area contributed by atoms with E-state index in [9.17, 15) is 0 Å². The van der Waals surface area contributed by atoms with Crippen LogP contribution in [0.1, 0.15) is 46.5 Å². The lowest BCUT2D eigenvalue weighted by Crippen LogP contribution is -2.38. The highest BCUT2D eigenvalue weighted by molar-refractivity contribution is 14.0.